The number of ether oxygens (including phenoxy) is 2. The molecule has 104 valence electrons. The molecule has 0 bridgehead atoms. The number of hydrogen-bond donors (Lipinski definition) is 0. The zero-order valence-corrected chi connectivity index (χ0v) is 11.8. The quantitative estimate of drug-likeness (QED) is 0.719. The molecule has 0 aliphatic rings. The van der Waals surface area contributed by atoms with Gasteiger partial charge in [0, 0.05) is 5.92 Å². The molecule has 0 aliphatic heterocycles. The number of nitrogens with zero attached hydrogens (tertiary/aromatic N) is 1. The summed E-state index contributed by atoms with van der Waals surface area (Å²) < 4.78 is 9.53. The summed E-state index contributed by atoms with van der Waals surface area (Å²) in [5, 5.41) is 0. The number of hydrogen-bond acceptors (Lipinski definition) is 5. The van der Waals surface area contributed by atoms with Gasteiger partial charge in [-0.1, -0.05) is 13.8 Å². The van der Waals surface area contributed by atoms with E-state index in [-0.39, 0.29) is 0 Å². The van der Waals surface area contributed by atoms with Crippen molar-refractivity contribution in [2.24, 2.45) is 5.92 Å². The first kappa shape index (κ1) is 16.4. The molecule has 0 saturated carbocycles. The van der Waals surface area contributed by atoms with Crippen LogP contribution in [0.25, 0.3) is 0 Å². The van der Waals surface area contributed by atoms with E-state index in [0.717, 1.165) is 4.90 Å². The van der Waals surface area contributed by atoms with Gasteiger partial charge in [-0.15, -0.1) is 0 Å². The van der Waals surface area contributed by atoms with Crippen molar-refractivity contribution in [3.05, 3.63) is 0 Å². The molecule has 2 amide bonds. The van der Waals surface area contributed by atoms with E-state index in [2.05, 4.69) is 4.74 Å². The number of carbonyl (C=O) groups is 3. The van der Waals surface area contributed by atoms with Crippen molar-refractivity contribution in [3.8, 4) is 0 Å². The number of methoxy groups -OCH3 is 1. The van der Waals surface area contributed by atoms with Gasteiger partial charge in [0.2, 0.25) is 5.91 Å². The van der Waals surface area contributed by atoms with Gasteiger partial charge >= 0.3 is 12.1 Å². The lowest BCUT2D eigenvalue weighted by atomic mass is 10.2. The Balaban J connectivity index is 4.92. The minimum atomic E-state index is -0.841. The Morgan fingerprint density at radius 1 is 1.17 bits per heavy atom. The Hall–Kier alpha value is -1.59. The fourth-order valence-corrected chi connectivity index (χ4v) is 1.05. The van der Waals surface area contributed by atoms with Crippen molar-refractivity contribution >= 4 is 18.0 Å². The van der Waals surface area contributed by atoms with Crippen molar-refractivity contribution in [2.75, 3.05) is 13.7 Å². The van der Waals surface area contributed by atoms with E-state index in [9.17, 15) is 14.4 Å². The second kappa shape index (κ2) is 6.37. The summed E-state index contributed by atoms with van der Waals surface area (Å²) in [6.45, 7) is 7.87. The Bertz CT molecular complexity index is 330. The van der Waals surface area contributed by atoms with Crippen LogP contribution in [0.1, 0.15) is 34.6 Å². The number of imide groups is 1. The van der Waals surface area contributed by atoms with Gasteiger partial charge in [0.1, 0.15) is 12.1 Å². The van der Waals surface area contributed by atoms with E-state index in [1.807, 2.05) is 0 Å². The average molecular weight is 259 g/mol. The van der Waals surface area contributed by atoms with Gasteiger partial charge in [-0.2, -0.15) is 0 Å². The Morgan fingerprint density at radius 3 is 2.00 bits per heavy atom. The van der Waals surface area contributed by atoms with Crippen molar-refractivity contribution in [3.63, 3.8) is 0 Å². The summed E-state index contributed by atoms with van der Waals surface area (Å²) in [5.41, 5.74) is -0.733. The van der Waals surface area contributed by atoms with Crippen LogP contribution in [0.4, 0.5) is 4.79 Å². The fraction of sp³-hybridized carbons (Fsp3) is 0.750. The standard InChI is InChI=1S/C12H21NO5/c1-8(2)10(15)13(7-9(14)17-6)11(16)18-12(3,4)5/h8H,7H2,1-6H3. The molecule has 0 fully saturated rings. The van der Waals surface area contributed by atoms with Gasteiger partial charge in [0.05, 0.1) is 7.11 Å². The van der Waals surface area contributed by atoms with Crippen molar-refractivity contribution in [1.29, 1.82) is 0 Å². The molecule has 6 heteroatoms. The molecular formula is C12H21NO5. The van der Waals surface area contributed by atoms with Gasteiger partial charge < -0.3 is 9.47 Å². The monoisotopic (exact) mass is 259 g/mol. The van der Waals surface area contributed by atoms with E-state index in [1.165, 1.54) is 7.11 Å². The largest absolute Gasteiger partial charge is 0.468 e. The second-order valence-electron chi connectivity index (χ2n) is 5.14. The molecule has 0 N–H and O–H groups in total. The first-order chi connectivity index (χ1) is 8.08. The fourth-order valence-electron chi connectivity index (χ4n) is 1.05. The summed E-state index contributed by atoms with van der Waals surface area (Å²) in [4.78, 5) is 35.6. The van der Waals surface area contributed by atoms with E-state index in [1.54, 1.807) is 34.6 Å². The van der Waals surface area contributed by atoms with E-state index in [0.29, 0.717) is 0 Å². The number of esters is 1. The summed E-state index contributed by atoms with van der Waals surface area (Å²) >= 11 is 0. The maximum atomic E-state index is 11.8. The Labute approximate surface area is 107 Å². The lowest BCUT2D eigenvalue weighted by Crippen LogP contribution is -2.45. The Kier molecular flexibility index (Phi) is 5.81. The second-order valence-corrected chi connectivity index (χ2v) is 5.14. The van der Waals surface area contributed by atoms with Crippen LogP contribution in [-0.4, -0.2) is 42.1 Å². The van der Waals surface area contributed by atoms with Crippen LogP contribution >= 0.6 is 0 Å². The predicted octanol–water partition coefficient (Wildman–Crippen LogP) is 1.58. The molecule has 0 rings (SSSR count). The molecule has 0 aromatic heterocycles. The molecule has 0 aliphatic carbocycles. The van der Waals surface area contributed by atoms with Crippen LogP contribution in [0.3, 0.4) is 0 Å². The van der Waals surface area contributed by atoms with Gasteiger partial charge in [-0.3, -0.25) is 9.59 Å². The predicted molar refractivity (Wildman–Crippen MR) is 64.8 cm³/mol. The average Bonchev–Trinajstić information content (AvgIpc) is 2.21. The van der Waals surface area contributed by atoms with Gasteiger partial charge in [0.15, 0.2) is 0 Å². The van der Waals surface area contributed by atoms with Crippen molar-refractivity contribution in [1.82, 2.24) is 4.90 Å². The van der Waals surface area contributed by atoms with Crippen LogP contribution in [0, 0.1) is 5.92 Å². The number of amides is 2. The number of rotatable bonds is 3. The van der Waals surface area contributed by atoms with Gasteiger partial charge in [0.25, 0.3) is 0 Å². The normalized spacial score (nSPS) is 11.1. The summed E-state index contributed by atoms with van der Waals surface area (Å²) in [6.07, 6.45) is -0.841. The zero-order valence-electron chi connectivity index (χ0n) is 11.8. The van der Waals surface area contributed by atoms with Crippen LogP contribution in [-0.2, 0) is 19.1 Å². The lowest BCUT2D eigenvalue weighted by Gasteiger charge is -2.26. The number of carbonyl (C=O) groups excluding carboxylic acids is 3. The molecule has 0 aromatic rings. The molecule has 0 aromatic carbocycles. The lowest BCUT2D eigenvalue weighted by molar-refractivity contribution is -0.147. The maximum absolute atomic E-state index is 11.8. The van der Waals surface area contributed by atoms with E-state index >= 15 is 0 Å². The van der Waals surface area contributed by atoms with Crippen LogP contribution in [0.2, 0.25) is 0 Å². The summed E-state index contributed by atoms with van der Waals surface area (Å²) in [6, 6.07) is 0. The SMILES string of the molecule is COC(=O)CN(C(=O)OC(C)(C)C)C(=O)C(C)C. The molecule has 6 nitrogen and oxygen atoms in total. The third kappa shape index (κ3) is 5.65. The van der Waals surface area contributed by atoms with E-state index in [4.69, 9.17) is 4.74 Å². The molecule has 18 heavy (non-hydrogen) atoms. The highest BCUT2D eigenvalue weighted by molar-refractivity contribution is 5.96. The minimum absolute atomic E-state index is 0.415. The third-order valence-corrected chi connectivity index (χ3v) is 1.89. The molecule has 0 heterocycles. The van der Waals surface area contributed by atoms with Gasteiger partial charge in [-0.05, 0) is 20.8 Å². The molecule has 0 atom stereocenters. The highest BCUT2D eigenvalue weighted by atomic mass is 16.6. The Morgan fingerprint density at radius 2 is 1.67 bits per heavy atom. The summed E-state index contributed by atoms with van der Waals surface area (Å²) in [5.74, 6) is -1.56. The highest BCUT2D eigenvalue weighted by Crippen LogP contribution is 2.12. The molecule has 0 saturated heterocycles. The highest BCUT2D eigenvalue weighted by Gasteiger charge is 2.30. The third-order valence-electron chi connectivity index (χ3n) is 1.89. The first-order valence-electron chi connectivity index (χ1n) is 5.69. The molecule has 0 spiro atoms. The zero-order chi connectivity index (χ0) is 14.5. The van der Waals surface area contributed by atoms with Crippen LogP contribution in [0.15, 0.2) is 0 Å². The smallest absolute Gasteiger partial charge is 0.417 e. The van der Waals surface area contributed by atoms with Crippen LogP contribution in [0.5, 0.6) is 0 Å². The first-order valence-corrected chi connectivity index (χ1v) is 5.69. The van der Waals surface area contributed by atoms with Crippen molar-refractivity contribution in [2.45, 2.75) is 40.2 Å². The molecular weight excluding hydrogens is 238 g/mol. The summed E-state index contributed by atoms with van der Waals surface area (Å²) in [7, 11) is 1.19. The minimum Gasteiger partial charge on any atom is -0.468 e. The topological polar surface area (TPSA) is 72.9 Å². The molecule has 0 radical (unpaired) electrons. The van der Waals surface area contributed by atoms with Crippen molar-refractivity contribution < 1.29 is 23.9 Å². The van der Waals surface area contributed by atoms with E-state index < -0.39 is 36.0 Å². The van der Waals surface area contributed by atoms with Crippen LogP contribution < -0.4 is 0 Å². The maximum Gasteiger partial charge on any atom is 0.417 e. The van der Waals surface area contributed by atoms with Gasteiger partial charge in [-0.25, -0.2) is 9.69 Å². The molecule has 0 unspecified atom stereocenters.